The van der Waals surface area contributed by atoms with Gasteiger partial charge in [-0.2, -0.15) is 9.37 Å². The van der Waals surface area contributed by atoms with Gasteiger partial charge in [-0.25, -0.2) is 4.98 Å². The lowest BCUT2D eigenvalue weighted by atomic mass is 9.93. The first-order valence-electron chi connectivity index (χ1n) is 9.22. The number of nitrogens with two attached hydrogens (primary N) is 1. The first kappa shape index (κ1) is 20.2. The van der Waals surface area contributed by atoms with Gasteiger partial charge >= 0.3 is 12.0 Å². The van der Waals surface area contributed by atoms with Gasteiger partial charge in [0.05, 0.1) is 11.8 Å². The van der Waals surface area contributed by atoms with E-state index in [1.165, 1.54) is 0 Å². The molecule has 0 aliphatic carbocycles. The van der Waals surface area contributed by atoms with Crippen molar-refractivity contribution >= 4 is 23.7 Å². The minimum Gasteiger partial charge on any atom is -0.461 e. The van der Waals surface area contributed by atoms with Gasteiger partial charge in [0.2, 0.25) is 0 Å². The average molecular weight is 390 g/mol. The van der Waals surface area contributed by atoms with E-state index in [-0.39, 0.29) is 30.9 Å². The summed E-state index contributed by atoms with van der Waals surface area (Å²) in [5.41, 5.74) is 5.25. The summed E-state index contributed by atoms with van der Waals surface area (Å²) in [6.07, 6.45) is 7.41. The summed E-state index contributed by atoms with van der Waals surface area (Å²) in [5.74, 6) is 2.06. The lowest BCUT2D eigenvalue weighted by molar-refractivity contribution is -0.154. The van der Waals surface area contributed by atoms with E-state index < -0.39 is 23.8 Å². The second kappa shape index (κ2) is 8.20. The van der Waals surface area contributed by atoms with Gasteiger partial charge in [0.1, 0.15) is 18.4 Å². The van der Waals surface area contributed by atoms with E-state index in [1.54, 1.807) is 13.1 Å². The van der Waals surface area contributed by atoms with Crippen LogP contribution in [0.4, 0.5) is 15.9 Å². The molecule has 8 nitrogen and oxygen atoms in total. The molecular weight excluding hydrogens is 367 g/mol. The maximum Gasteiger partial charge on any atom is 0.310 e. The molecule has 3 rings (SSSR count). The Morgan fingerprint density at radius 1 is 1.57 bits per heavy atom. The van der Waals surface area contributed by atoms with Crippen LogP contribution in [0, 0.1) is 24.3 Å². The van der Waals surface area contributed by atoms with Crippen LogP contribution in [0.1, 0.15) is 38.3 Å². The molecule has 4 atom stereocenters. The number of aliphatic imine (C=N–C) groups is 1. The third-order valence-electron chi connectivity index (χ3n) is 5.07. The molecule has 1 fully saturated rings. The topological polar surface area (TPSA) is 120 Å². The third-order valence-corrected chi connectivity index (χ3v) is 5.07. The number of ether oxygens (including phenoxy) is 2. The van der Waals surface area contributed by atoms with E-state index in [0.717, 1.165) is 0 Å². The Labute approximate surface area is 162 Å². The first-order valence-corrected chi connectivity index (χ1v) is 9.22. The number of aliphatic hydroxyl groups excluding tert-OH is 1. The van der Waals surface area contributed by atoms with Crippen molar-refractivity contribution in [3.63, 3.8) is 0 Å². The van der Waals surface area contributed by atoms with Crippen molar-refractivity contribution in [2.75, 3.05) is 12.3 Å². The maximum absolute atomic E-state index is 13.4. The Morgan fingerprint density at radius 2 is 2.36 bits per heavy atom. The zero-order valence-corrected chi connectivity index (χ0v) is 15.6. The SMILES string of the molecule is C#C[C@]1(COC(=O)CC)O[C@@H](CC2C=Nc3c(N)nc(F)nc3CC2)C[C@@H]1O. The summed E-state index contributed by atoms with van der Waals surface area (Å²) in [6.45, 7) is 1.48. The van der Waals surface area contributed by atoms with Crippen LogP contribution in [-0.2, 0) is 20.7 Å². The summed E-state index contributed by atoms with van der Waals surface area (Å²) < 4.78 is 24.4. The van der Waals surface area contributed by atoms with Gasteiger partial charge in [0, 0.05) is 19.1 Å². The van der Waals surface area contributed by atoms with E-state index >= 15 is 0 Å². The van der Waals surface area contributed by atoms with E-state index in [4.69, 9.17) is 21.6 Å². The molecule has 2 aliphatic rings. The summed E-state index contributed by atoms with van der Waals surface area (Å²) >= 11 is 0. The van der Waals surface area contributed by atoms with E-state index in [1.807, 2.05) is 0 Å². The van der Waals surface area contributed by atoms with Gasteiger partial charge in [-0.15, -0.1) is 6.42 Å². The molecule has 3 heterocycles. The number of aliphatic hydroxyl groups is 1. The standard InChI is InChI=1S/C19H23FN4O4/c1-3-15(26)27-10-19(4-2)14(25)8-12(28-19)7-11-5-6-13-16(22-9-11)17(21)24-18(20)23-13/h2,9,11-12,14,25H,3,5-8,10H2,1H3,(H2,21,23,24)/t11?,12-,14-,19+/m0/s1. The number of nitrogens with zero attached hydrogens (tertiary/aromatic N) is 3. The number of aromatic nitrogens is 2. The number of halogens is 1. The molecule has 1 aromatic heterocycles. The molecule has 3 N–H and O–H groups in total. The molecule has 2 aliphatic heterocycles. The molecule has 1 saturated heterocycles. The molecule has 0 bridgehead atoms. The number of hydrogen-bond donors (Lipinski definition) is 2. The van der Waals surface area contributed by atoms with Gasteiger partial charge in [-0.05, 0) is 25.2 Å². The predicted octanol–water partition coefficient (Wildman–Crippen LogP) is 1.33. The van der Waals surface area contributed by atoms with Gasteiger partial charge in [-0.3, -0.25) is 9.79 Å². The fraction of sp³-hybridized carbons (Fsp3) is 0.579. The Kier molecular flexibility index (Phi) is 5.91. The number of hydrogen-bond acceptors (Lipinski definition) is 8. The molecule has 0 amide bonds. The van der Waals surface area contributed by atoms with Crippen LogP contribution >= 0.6 is 0 Å². The molecule has 9 heteroatoms. The number of anilines is 1. The highest BCUT2D eigenvalue weighted by atomic mass is 19.1. The molecule has 0 spiro atoms. The van der Waals surface area contributed by atoms with Gasteiger partial charge < -0.3 is 20.3 Å². The van der Waals surface area contributed by atoms with Crippen molar-refractivity contribution in [1.82, 2.24) is 9.97 Å². The van der Waals surface area contributed by atoms with Crippen molar-refractivity contribution in [2.24, 2.45) is 10.9 Å². The van der Waals surface area contributed by atoms with E-state index in [0.29, 0.717) is 37.1 Å². The fourth-order valence-electron chi connectivity index (χ4n) is 3.50. The molecule has 1 unspecified atom stereocenters. The molecule has 0 radical (unpaired) electrons. The van der Waals surface area contributed by atoms with Crippen LogP contribution < -0.4 is 5.73 Å². The smallest absolute Gasteiger partial charge is 0.310 e. The second-order valence-electron chi connectivity index (χ2n) is 7.03. The first-order chi connectivity index (χ1) is 13.4. The van der Waals surface area contributed by atoms with Crippen molar-refractivity contribution in [3.05, 3.63) is 11.8 Å². The number of fused-ring (bicyclic) bond motifs is 1. The lowest BCUT2D eigenvalue weighted by Crippen LogP contribution is -2.43. The highest BCUT2D eigenvalue weighted by Crippen LogP contribution is 2.36. The molecule has 0 saturated carbocycles. The Morgan fingerprint density at radius 3 is 3.07 bits per heavy atom. The molecule has 150 valence electrons. The van der Waals surface area contributed by atoms with Crippen LogP contribution in [0.5, 0.6) is 0 Å². The third kappa shape index (κ3) is 4.13. The minimum absolute atomic E-state index is 0.000581. The number of esters is 1. The normalized spacial score (nSPS) is 29.0. The minimum atomic E-state index is -1.35. The fourth-order valence-corrected chi connectivity index (χ4v) is 3.50. The summed E-state index contributed by atoms with van der Waals surface area (Å²) in [5, 5.41) is 10.4. The van der Waals surface area contributed by atoms with Gasteiger partial charge in [-0.1, -0.05) is 12.8 Å². The van der Waals surface area contributed by atoms with Crippen molar-refractivity contribution in [1.29, 1.82) is 0 Å². The molecular formula is C19H23FN4O4. The summed E-state index contributed by atoms with van der Waals surface area (Å²) in [4.78, 5) is 23.0. The highest BCUT2D eigenvalue weighted by Gasteiger charge is 2.48. The zero-order chi connectivity index (χ0) is 20.3. The lowest BCUT2D eigenvalue weighted by Gasteiger charge is -2.26. The van der Waals surface area contributed by atoms with Crippen LogP contribution in [0.3, 0.4) is 0 Å². The number of aryl methyl sites for hydroxylation is 1. The van der Waals surface area contributed by atoms with Crippen LogP contribution in [-0.4, -0.2) is 51.7 Å². The maximum atomic E-state index is 13.4. The highest BCUT2D eigenvalue weighted by molar-refractivity contribution is 5.73. The monoisotopic (exact) mass is 390 g/mol. The van der Waals surface area contributed by atoms with E-state index in [2.05, 4.69) is 20.9 Å². The Hall–Kier alpha value is -2.57. The number of carbonyl (C=O) groups is 1. The summed E-state index contributed by atoms with van der Waals surface area (Å²) in [7, 11) is 0. The van der Waals surface area contributed by atoms with Crippen molar-refractivity contribution in [3.8, 4) is 12.3 Å². The number of rotatable bonds is 5. The quantitative estimate of drug-likeness (QED) is 0.442. The number of terminal acetylenes is 1. The largest absolute Gasteiger partial charge is 0.461 e. The summed E-state index contributed by atoms with van der Waals surface area (Å²) in [6, 6.07) is 0. The second-order valence-corrected chi connectivity index (χ2v) is 7.03. The Bertz CT molecular complexity index is 825. The van der Waals surface area contributed by atoms with E-state index in [9.17, 15) is 14.3 Å². The van der Waals surface area contributed by atoms with Crippen LogP contribution in [0.25, 0.3) is 0 Å². The van der Waals surface area contributed by atoms with Gasteiger partial charge in [0.25, 0.3) is 0 Å². The molecule has 0 aromatic carbocycles. The van der Waals surface area contributed by atoms with Crippen molar-refractivity contribution in [2.45, 2.75) is 56.8 Å². The predicted molar refractivity (Wildman–Crippen MR) is 99.3 cm³/mol. The van der Waals surface area contributed by atoms with Crippen LogP contribution in [0.2, 0.25) is 0 Å². The van der Waals surface area contributed by atoms with Crippen LogP contribution in [0.15, 0.2) is 4.99 Å². The molecule has 1 aromatic rings. The van der Waals surface area contributed by atoms with Gasteiger partial charge in [0.15, 0.2) is 11.4 Å². The molecule has 28 heavy (non-hydrogen) atoms. The Balaban J connectivity index is 1.65. The number of carbonyl (C=O) groups excluding carboxylic acids is 1. The zero-order valence-electron chi connectivity index (χ0n) is 15.6. The number of nitrogen functional groups attached to an aromatic ring is 1. The van der Waals surface area contributed by atoms with Crippen molar-refractivity contribution < 1.29 is 23.8 Å². The average Bonchev–Trinajstić information content (AvgIpc) is 2.83.